The van der Waals surface area contributed by atoms with Crippen LogP contribution in [0.3, 0.4) is 0 Å². The fourth-order valence-corrected chi connectivity index (χ4v) is 25.5. The van der Waals surface area contributed by atoms with Gasteiger partial charge in [-0.1, -0.05) is 133 Å². The molecule has 115 heavy (non-hydrogen) atoms. The van der Waals surface area contributed by atoms with Gasteiger partial charge in [0, 0.05) is 97.3 Å². The average Bonchev–Trinajstić information content (AvgIpc) is 1.35. The van der Waals surface area contributed by atoms with Crippen LogP contribution in [-0.4, -0.2) is 134 Å². The second-order valence-electron chi connectivity index (χ2n) is 30.6. The number of aryl methyl sites for hydroxylation is 5. The van der Waals surface area contributed by atoms with Crippen LogP contribution >= 0.6 is 15.9 Å². The minimum Gasteiger partial charge on any atom is -0.404 e. The standard InChI is InChI=1S/C24H29NO2S.C22H25BrN2O2S.C22H25NO4S2.C20H18F4N2O3S/c1-3-5-19-8-10-21(11-9-19)28(26,27)25-16-14-20(15-17-25)23-13-12-22-18(2)6-4-7-24(22)23;1-3-16-13-18(23)5-7-22(16)28(26,27)25-10-8-17(9-11-25)20-14-24-21-6-4-15(2)12-19(20)21;1-16-6-5-7-20-18(16)10-11-19(20)17-12-14-23(15-13-17)29(26,27)22-9-4-3-8-21(22)28(2,24)25;21-14-5-6-17-15(11-14)16(12-25-17)13-7-9-26(10-8-13)30(27,28)19-4-2-1-3-18(19)29-20(22,23)24/h4,6-11,13,20H,3,5,12,14-17H2,1-2H3;4-7,12-14,17,24H,3,8-11H2,1-2H3;3-9,11,17H,10,12-15H2,1-2H3;1-6,11-13,25H,7-10H2. The fraction of sp³-hybridized carbons (Fsp3) is 0.364. The SMILES string of the molecule is CCCc1ccc(S(=O)(=O)N2CCC(C3=CCc4c(C)cccc43)CC2)cc1.CCc1cc(Br)ccc1S(=O)(=O)N1CCC(c2c[nH]c3ccc(C)cc23)CC1.Cc1cccc2c1CC=C2C1CCN(S(=O)(=O)c2ccccc2S(C)(=O)=O)CC1.O=S(=O)(c1ccccc1OC(F)(F)F)N1CCC(c2c[nH]c3ccc(F)cc23)CC1. The summed E-state index contributed by atoms with van der Waals surface area (Å²) in [6.45, 7) is 13.9. The van der Waals surface area contributed by atoms with Crippen molar-refractivity contribution in [2.24, 2.45) is 11.8 Å². The summed E-state index contributed by atoms with van der Waals surface area (Å²) in [4.78, 5) is 6.54. The Balaban J connectivity index is 0.000000134. The molecule has 2 aromatic heterocycles. The van der Waals surface area contributed by atoms with Gasteiger partial charge in [-0.25, -0.2) is 46.5 Å². The van der Waals surface area contributed by atoms with Crippen LogP contribution in [0.2, 0.25) is 0 Å². The molecular formula is C88H97BrF4N6O11S5. The molecule has 27 heteroatoms. The molecule has 6 aliphatic rings. The van der Waals surface area contributed by atoms with Crippen molar-refractivity contribution in [2.75, 3.05) is 58.6 Å². The van der Waals surface area contributed by atoms with Crippen molar-refractivity contribution in [1.29, 1.82) is 0 Å². The van der Waals surface area contributed by atoms with E-state index in [4.69, 9.17) is 0 Å². The monoisotopic (exact) mass is 1730 g/mol. The number of rotatable bonds is 17. The number of sulfonamides is 4. The van der Waals surface area contributed by atoms with Crippen molar-refractivity contribution in [2.45, 2.75) is 161 Å². The molecule has 4 saturated heterocycles. The first-order valence-electron chi connectivity index (χ1n) is 39.2. The summed E-state index contributed by atoms with van der Waals surface area (Å²) in [6.07, 6.45) is 15.2. The molecule has 4 aliphatic heterocycles. The number of sulfone groups is 1. The number of fused-ring (bicyclic) bond motifs is 4. The van der Waals surface area contributed by atoms with Crippen LogP contribution in [0.4, 0.5) is 17.6 Å². The highest BCUT2D eigenvalue weighted by Crippen LogP contribution is 2.44. The van der Waals surface area contributed by atoms with Crippen molar-refractivity contribution in [1.82, 2.24) is 27.2 Å². The van der Waals surface area contributed by atoms with Crippen molar-refractivity contribution < 1.29 is 64.4 Å². The van der Waals surface area contributed by atoms with Crippen molar-refractivity contribution >= 4 is 98.8 Å². The summed E-state index contributed by atoms with van der Waals surface area (Å²) >= 11 is 3.44. The van der Waals surface area contributed by atoms with Gasteiger partial charge in [-0.2, -0.15) is 17.2 Å². The molecule has 2 aliphatic carbocycles. The number of alkyl halides is 3. The van der Waals surface area contributed by atoms with Gasteiger partial charge in [0.15, 0.2) is 9.84 Å². The molecule has 0 radical (unpaired) electrons. The van der Waals surface area contributed by atoms with Gasteiger partial charge in [0.05, 0.1) is 14.7 Å². The number of nitrogens with zero attached hydrogens (tertiary/aromatic N) is 4. The molecule has 0 spiro atoms. The molecule has 2 N–H and O–H groups in total. The van der Waals surface area contributed by atoms with E-state index in [9.17, 15) is 59.7 Å². The van der Waals surface area contributed by atoms with Gasteiger partial charge in [0.25, 0.3) is 0 Å². The van der Waals surface area contributed by atoms with Crippen LogP contribution in [0.1, 0.15) is 145 Å². The Kier molecular flexibility index (Phi) is 26.0. The third-order valence-electron chi connectivity index (χ3n) is 23.3. The second kappa shape index (κ2) is 35.2. The van der Waals surface area contributed by atoms with E-state index >= 15 is 0 Å². The highest BCUT2D eigenvalue weighted by atomic mass is 79.9. The number of halogens is 5. The Morgan fingerprint density at radius 2 is 0.913 bits per heavy atom. The van der Waals surface area contributed by atoms with Gasteiger partial charge >= 0.3 is 6.36 Å². The molecule has 0 atom stereocenters. The smallest absolute Gasteiger partial charge is 0.404 e. The van der Waals surface area contributed by atoms with E-state index in [-0.39, 0.29) is 34.6 Å². The Labute approximate surface area is 682 Å². The predicted molar refractivity (Wildman–Crippen MR) is 448 cm³/mol. The van der Waals surface area contributed by atoms with Crippen LogP contribution in [0.15, 0.2) is 217 Å². The Hall–Kier alpha value is -8.09. The topological polar surface area (TPSA) is 224 Å². The number of ether oxygens (including phenoxy) is 1. The van der Waals surface area contributed by atoms with Gasteiger partial charge in [-0.15, -0.1) is 13.2 Å². The molecule has 0 bridgehead atoms. The third-order valence-corrected chi connectivity index (χ3v) is 32.9. The van der Waals surface area contributed by atoms with Crippen LogP contribution in [0, 0.1) is 38.4 Å². The first-order chi connectivity index (χ1) is 54.7. The molecule has 4 fully saturated rings. The zero-order valence-electron chi connectivity index (χ0n) is 65.3. The highest BCUT2D eigenvalue weighted by molar-refractivity contribution is 9.10. The van der Waals surface area contributed by atoms with E-state index in [0.717, 1.165) is 119 Å². The second-order valence-corrected chi connectivity index (χ2v) is 41.1. The summed E-state index contributed by atoms with van der Waals surface area (Å²) in [6, 6.07) is 47.3. The van der Waals surface area contributed by atoms with E-state index in [0.29, 0.717) is 86.1 Å². The number of allylic oxidation sites excluding steroid dienone is 4. The lowest BCUT2D eigenvalue weighted by Gasteiger charge is -2.32. The molecule has 10 aromatic rings. The Morgan fingerprint density at radius 3 is 1.40 bits per heavy atom. The van der Waals surface area contributed by atoms with E-state index in [2.05, 4.69) is 131 Å². The van der Waals surface area contributed by atoms with Gasteiger partial charge in [-0.3, -0.25) is 0 Å². The number of benzene rings is 8. The maximum atomic E-state index is 13.6. The van der Waals surface area contributed by atoms with Crippen LogP contribution < -0.4 is 4.74 Å². The molecule has 17 nitrogen and oxygen atoms in total. The van der Waals surface area contributed by atoms with E-state index in [1.165, 1.54) is 107 Å². The summed E-state index contributed by atoms with van der Waals surface area (Å²) in [5.74, 6) is 0.0752. The number of hydrogen-bond donors (Lipinski definition) is 2. The zero-order valence-corrected chi connectivity index (χ0v) is 70.9. The van der Waals surface area contributed by atoms with Gasteiger partial charge in [0.1, 0.15) is 21.4 Å². The van der Waals surface area contributed by atoms with Crippen LogP contribution in [-0.2, 0) is 75.6 Å². The number of aromatic amines is 2. The molecule has 16 rings (SSSR count). The molecule has 610 valence electrons. The van der Waals surface area contributed by atoms with Crippen molar-refractivity contribution in [3.63, 3.8) is 0 Å². The summed E-state index contributed by atoms with van der Waals surface area (Å²) in [5.41, 5.74) is 18.4. The molecular weight excluding hydrogens is 1630 g/mol. The number of aromatic nitrogens is 2. The zero-order chi connectivity index (χ0) is 81.9. The molecule has 0 amide bonds. The summed E-state index contributed by atoms with van der Waals surface area (Å²) in [7, 11) is -18.5. The fourth-order valence-electron chi connectivity index (χ4n) is 17.2. The van der Waals surface area contributed by atoms with Crippen LogP contribution in [0.5, 0.6) is 5.75 Å². The summed E-state index contributed by atoms with van der Waals surface area (Å²) < 4.78 is 191. The highest BCUT2D eigenvalue weighted by Gasteiger charge is 2.40. The van der Waals surface area contributed by atoms with Crippen LogP contribution in [0.25, 0.3) is 33.0 Å². The third kappa shape index (κ3) is 18.8. The predicted octanol–water partition coefficient (Wildman–Crippen LogP) is 18.6. The van der Waals surface area contributed by atoms with Crippen molar-refractivity contribution in [3.05, 3.63) is 260 Å². The van der Waals surface area contributed by atoms with Crippen molar-refractivity contribution in [3.8, 4) is 5.75 Å². The number of H-pyrrole nitrogens is 2. The van der Waals surface area contributed by atoms with Gasteiger partial charge in [-0.05, 0) is 273 Å². The maximum Gasteiger partial charge on any atom is 0.573 e. The van der Waals surface area contributed by atoms with Gasteiger partial charge < -0.3 is 14.7 Å². The molecule has 0 unspecified atom stereocenters. The lowest BCUT2D eigenvalue weighted by molar-refractivity contribution is -0.275. The quantitative estimate of drug-likeness (QED) is 0.0816. The van der Waals surface area contributed by atoms with E-state index in [1.54, 1.807) is 51.2 Å². The first kappa shape index (κ1) is 84.8. The molecule has 0 saturated carbocycles. The first-order valence-corrected chi connectivity index (χ1v) is 47.6. The van der Waals surface area contributed by atoms with Gasteiger partial charge in [0.2, 0.25) is 40.1 Å². The minimum absolute atomic E-state index is 0.00803. The number of piperidine rings is 4. The number of hydrogen-bond acceptors (Lipinski definition) is 11. The Bertz CT molecular complexity index is 5900. The average molecular weight is 1730 g/mol. The molecule has 6 heterocycles. The normalized spacial score (nSPS) is 17.5. The number of para-hydroxylation sites is 1. The molecule has 8 aromatic carbocycles. The van der Waals surface area contributed by atoms with E-state index < -0.39 is 66.9 Å². The Morgan fingerprint density at radius 1 is 0.470 bits per heavy atom. The number of nitrogens with one attached hydrogen (secondary N) is 2. The van der Waals surface area contributed by atoms with E-state index in [1.807, 2.05) is 31.2 Å². The lowest BCUT2D eigenvalue weighted by Crippen LogP contribution is -2.39. The summed E-state index contributed by atoms with van der Waals surface area (Å²) in [5, 5.41) is 2.02. The maximum absolute atomic E-state index is 13.6. The largest absolute Gasteiger partial charge is 0.573 e. The lowest BCUT2D eigenvalue weighted by atomic mass is 9.86. The minimum atomic E-state index is -5.00.